The number of aromatic nitrogens is 2. The van der Waals surface area contributed by atoms with E-state index < -0.39 is 0 Å². The highest BCUT2D eigenvalue weighted by atomic mass is 32.2. The Morgan fingerprint density at radius 3 is 2.87 bits per heavy atom. The minimum Gasteiger partial charge on any atom is -0.336 e. The van der Waals surface area contributed by atoms with Crippen molar-refractivity contribution < 1.29 is 4.79 Å². The fourth-order valence-corrected chi connectivity index (χ4v) is 2.58. The summed E-state index contributed by atoms with van der Waals surface area (Å²) < 4.78 is 0. The number of hydrogen-bond donors (Lipinski definition) is 0. The van der Waals surface area contributed by atoms with E-state index in [9.17, 15) is 4.79 Å². The highest BCUT2D eigenvalue weighted by Gasteiger charge is 2.20. The molecule has 2 rings (SSSR count). The first-order valence-electron chi connectivity index (χ1n) is 4.93. The molecule has 0 bridgehead atoms. The Kier molecular flexibility index (Phi) is 3.20. The smallest absolute Gasteiger partial charge is 0.225 e. The minimum atomic E-state index is 0.464. The number of anilines is 1. The Balaban J connectivity index is 2.16. The summed E-state index contributed by atoms with van der Waals surface area (Å²) in [6.07, 6.45) is 3.91. The molecule has 4 nitrogen and oxygen atoms in total. The molecule has 2 heterocycles. The molecular weight excluding hydrogens is 210 g/mol. The van der Waals surface area contributed by atoms with Crippen molar-refractivity contribution >= 4 is 24.0 Å². The number of rotatable bonds is 2. The van der Waals surface area contributed by atoms with Gasteiger partial charge in [0.2, 0.25) is 5.95 Å². The second kappa shape index (κ2) is 4.61. The van der Waals surface area contributed by atoms with E-state index in [1.54, 1.807) is 12.4 Å². The first-order valence-corrected chi connectivity index (χ1v) is 6.08. The van der Waals surface area contributed by atoms with Gasteiger partial charge in [0.25, 0.3) is 0 Å². The summed E-state index contributed by atoms with van der Waals surface area (Å²) in [5.41, 5.74) is 0.526. The lowest BCUT2D eigenvalue weighted by Gasteiger charge is -2.32. The Morgan fingerprint density at radius 1 is 1.53 bits per heavy atom. The summed E-state index contributed by atoms with van der Waals surface area (Å²) in [6, 6.07) is 0.464. The quantitative estimate of drug-likeness (QED) is 0.706. The Bertz CT molecular complexity index is 341. The molecule has 1 saturated heterocycles. The Labute approximate surface area is 93.1 Å². The van der Waals surface area contributed by atoms with Crippen molar-refractivity contribution in [1.82, 2.24) is 9.97 Å². The second-order valence-corrected chi connectivity index (χ2v) is 4.70. The van der Waals surface area contributed by atoms with E-state index in [-0.39, 0.29) is 0 Å². The molecule has 1 aromatic rings. The molecule has 1 aliphatic rings. The van der Waals surface area contributed by atoms with E-state index in [1.165, 1.54) is 0 Å². The Morgan fingerprint density at radius 2 is 2.27 bits per heavy atom. The molecule has 1 unspecified atom stereocenters. The number of thioether (sulfide) groups is 1. The molecular formula is C10H13N3OS. The zero-order valence-electron chi connectivity index (χ0n) is 8.59. The van der Waals surface area contributed by atoms with E-state index in [1.807, 2.05) is 11.8 Å². The van der Waals surface area contributed by atoms with Crippen molar-refractivity contribution in [2.75, 3.05) is 23.0 Å². The fourth-order valence-electron chi connectivity index (χ4n) is 1.56. The fraction of sp³-hybridized carbons (Fsp3) is 0.500. The molecule has 0 saturated carbocycles. The van der Waals surface area contributed by atoms with Gasteiger partial charge in [-0.2, -0.15) is 11.8 Å². The van der Waals surface area contributed by atoms with Gasteiger partial charge in [0.15, 0.2) is 6.29 Å². The normalized spacial score (nSPS) is 21.4. The monoisotopic (exact) mass is 223 g/mol. The third kappa shape index (κ3) is 2.28. The molecule has 0 radical (unpaired) electrons. The van der Waals surface area contributed by atoms with E-state index >= 15 is 0 Å². The van der Waals surface area contributed by atoms with Crippen molar-refractivity contribution in [2.24, 2.45) is 0 Å². The van der Waals surface area contributed by atoms with Gasteiger partial charge in [0, 0.05) is 36.5 Å². The molecule has 1 atom stereocenters. The standard InChI is InChI=1S/C10H13N3OS/c1-8-7-15-3-2-13(8)10-11-4-9(6-14)5-12-10/h4-6,8H,2-3,7H2,1H3. The van der Waals surface area contributed by atoms with Crippen LogP contribution in [-0.2, 0) is 0 Å². The van der Waals surface area contributed by atoms with E-state index in [2.05, 4.69) is 21.8 Å². The molecule has 80 valence electrons. The zero-order chi connectivity index (χ0) is 10.7. The summed E-state index contributed by atoms with van der Waals surface area (Å²) in [7, 11) is 0. The van der Waals surface area contributed by atoms with Crippen molar-refractivity contribution in [2.45, 2.75) is 13.0 Å². The van der Waals surface area contributed by atoms with Crippen LogP contribution in [0.25, 0.3) is 0 Å². The van der Waals surface area contributed by atoms with Gasteiger partial charge >= 0.3 is 0 Å². The number of hydrogen-bond acceptors (Lipinski definition) is 5. The molecule has 1 fully saturated rings. The largest absolute Gasteiger partial charge is 0.336 e. The topological polar surface area (TPSA) is 46.1 Å². The van der Waals surface area contributed by atoms with E-state index in [0.717, 1.165) is 30.3 Å². The van der Waals surface area contributed by atoms with Gasteiger partial charge < -0.3 is 4.90 Å². The summed E-state index contributed by atoms with van der Waals surface area (Å²) in [6.45, 7) is 3.15. The SMILES string of the molecule is CC1CSCCN1c1ncc(C=O)cn1. The van der Waals surface area contributed by atoms with Crippen molar-refractivity contribution in [3.63, 3.8) is 0 Å². The van der Waals surface area contributed by atoms with Crippen LogP contribution in [0.15, 0.2) is 12.4 Å². The molecule has 0 aliphatic carbocycles. The predicted octanol–water partition coefficient (Wildman–Crippen LogP) is 1.23. The number of aldehydes is 1. The average molecular weight is 223 g/mol. The maximum absolute atomic E-state index is 10.5. The molecule has 1 aliphatic heterocycles. The van der Waals surface area contributed by atoms with Gasteiger partial charge in [-0.1, -0.05) is 0 Å². The minimum absolute atomic E-state index is 0.464. The summed E-state index contributed by atoms with van der Waals surface area (Å²) in [4.78, 5) is 21.0. The van der Waals surface area contributed by atoms with Gasteiger partial charge in [-0.15, -0.1) is 0 Å². The maximum Gasteiger partial charge on any atom is 0.225 e. The van der Waals surface area contributed by atoms with Crippen LogP contribution in [0.2, 0.25) is 0 Å². The van der Waals surface area contributed by atoms with Crippen LogP contribution in [0.5, 0.6) is 0 Å². The molecule has 15 heavy (non-hydrogen) atoms. The summed E-state index contributed by atoms with van der Waals surface area (Å²) in [5.74, 6) is 2.95. The second-order valence-electron chi connectivity index (χ2n) is 3.55. The van der Waals surface area contributed by atoms with Gasteiger partial charge in [0.1, 0.15) is 0 Å². The van der Waals surface area contributed by atoms with Crippen LogP contribution in [0.4, 0.5) is 5.95 Å². The number of carbonyl (C=O) groups is 1. The van der Waals surface area contributed by atoms with Gasteiger partial charge in [-0.05, 0) is 6.92 Å². The van der Waals surface area contributed by atoms with Crippen LogP contribution in [0, 0.1) is 0 Å². The third-order valence-corrected chi connectivity index (χ3v) is 3.61. The van der Waals surface area contributed by atoms with Crippen molar-refractivity contribution in [3.8, 4) is 0 Å². The van der Waals surface area contributed by atoms with Gasteiger partial charge in [-0.25, -0.2) is 9.97 Å². The van der Waals surface area contributed by atoms with Crippen molar-refractivity contribution in [1.29, 1.82) is 0 Å². The maximum atomic E-state index is 10.5. The highest BCUT2D eigenvalue weighted by Crippen LogP contribution is 2.20. The molecule has 1 aromatic heterocycles. The lowest BCUT2D eigenvalue weighted by atomic mass is 10.3. The van der Waals surface area contributed by atoms with Crippen LogP contribution in [0.1, 0.15) is 17.3 Å². The first kappa shape index (κ1) is 10.4. The summed E-state index contributed by atoms with van der Waals surface area (Å²) in [5, 5.41) is 0. The number of carbonyl (C=O) groups excluding carboxylic acids is 1. The molecule has 0 spiro atoms. The molecule has 0 amide bonds. The average Bonchev–Trinajstić information content (AvgIpc) is 2.30. The molecule has 5 heteroatoms. The number of nitrogens with zero attached hydrogens (tertiary/aromatic N) is 3. The van der Waals surface area contributed by atoms with E-state index in [0.29, 0.717) is 11.6 Å². The molecule has 0 N–H and O–H groups in total. The predicted molar refractivity (Wildman–Crippen MR) is 61.6 cm³/mol. The summed E-state index contributed by atoms with van der Waals surface area (Å²) >= 11 is 1.96. The van der Waals surface area contributed by atoms with Gasteiger partial charge in [-0.3, -0.25) is 4.79 Å². The van der Waals surface area contributed by atoms with Crippen LogP contribution < -0.4 is 4.90 Å². The highest BCUT2D eigenvalue weighted by molar-refractivity contribution is 7.99. The van der Waals surface area contributed by atoms with Crippen LogP contribution in [0.3, 0.4) is 0 Å². The van der Waals surface area contributed by atoms with Crippen LogP contribution >= 0.6 is 11.8 Å². The lowest BCUT2D eigenvalue weighted by Crippen LogP contribution is -2.41. The third-order valence-electron chi connectivity index (χ3n) is 2.42. The van der Waals surface area contributed by atoms with Crippen LogP contribution in [-0.4, -0.2) is 40.3 Å². The van der Waals surface area contributed by atoms with E-state index in [4.69, 9.17) is 0 Å². The lowest BCUT2D eigenvalue weighted by molar-refractivity contribution is 0.112. The Hall–Kier alpha value is -1.10. The van der Waals surface area contributed by atoms with Crippen molar-refractivity contribution in [3.05, 3.63) is 18.0 Å². The molecule has 0 aromatic carbocycles. The van der Waals surface area contributed by atoms with Gasteiger partial charge in [0.05, 0.1) is 5.56 Å². The first-order chi connectivity index (χ1) is 7.31. The zero-order valence-corrected chi connectivity index (χ0v) is 9.41.